The van der Waals surface area contributed by atoms with Crippen molar-refractivity contribution in [2.24, 2.45) is 5.73 Å². The number of carbonyl (C=O) groups is 1. The normalized spacial score (nSPS) is 15.9. The number of nitrogens with two attached hydrogens (primary N) is 1. The Kier molecular flexibility index (Phi) is 7.32. The van der Waals surface area contributed by atoms with E-state index < -0.39 is 5.54 Å². The molecule has 0 aromatic heterocycles. The van der Waals surface area contributed by atoms with Crippen molar-refractivity contribution in [1.29, 1.82) is 0 Å². The van der Waals surface area contributed by atoms with Crippen molar-refractivity contribution in [3.63, 3.8) is 0 Å². The van der Waals surface area contributed by atoms with Gasteiger partial charge in [0.25, 0.3) is 0 Å². The Hall–Kier alpha value is -1.53. The molecule has 0 atom stereocenters. The molecular formula is C19H23ClN2O2S. The SMILES string of the molecule is Cl.NC1(C(=O)NCc2ccccc2Sc2ccccc2)CCOCC1. The Morgan fingerprint density at radius 2 is 1.72 bits per heavy atom. The van der Waals surface area contributed by atoms with E-state index in [0.717, 1.165) is 10.5 Å². The van der Waals surface area contributed by atoms with Crippen molar-refractivity contribution in [3.8, 4) is 0 Å². The van der Waals surface area contributed by atoms with Gasteiger partial charge in [-0.2, -0.15) is 0 Å². The molecule has 0 radical (unpaired) electrons. The maximum Gasteiger partial charge on any atom is 0.240 e. The Morgan fingerprint density at radius 1 is 1.08 bits per heavy atom. The van der Waals surface area contributed by atoms with Gasteiger partial charge < -0.3 is 15.8 Å². The average molecular weight is 379 g/mol. The highest BCUT2D eigenvalue weighted by atomic mass is 35.5. The standard InChI is InChI=1S/C19H22N2O2S.ClH/c20-19(10-12-23-13-11-19)18(22)21-14-15-6-4-5-9-17(15)24-16-7-2-1-3-8-16;/h1-9H,10-14,20H2,(H,21,22);1H. The predicted molar refractivity (Wildman–Crippen MR) is 103 cm³/mol. The highest BCUT2D eigenvalue weighted by Gasteiger charge is 2.35. The molecule has 2 aromatic rings. The second-order valence-electron chi connectivity index (χ2n) is 5.97. The number of hydrogen-bond donors (Lipinski definition) is 2. The molecule has 3 N–H and O–H groups in total. The second-order valence-corrected chi connectivity index (χ2v) is 7.09. The van der Waals surface area contributed by atoms with E-state index in [2.05, 4.69) is 23.5 Å². The molecule has 0 spiro atoms. The van der Waals surface area contributed by atoms with Crippen LogP contribution in [0.15, 0.2) is 64.4 Å². The second kappa shape index (κ2) is 9.25. The van der Waals surface area contributed by atoms with Gasteiger partial charge in [0.2, 0.25) is 5.91 Å². The number of nitrogens with one attached hydrogen (secondary N) is 1. The molecule has 0 bridgehead atoms. The third-order valence-corrected chi connectivity index (χ3v) is 5.35. The molecule has 4 nitrogen and oxygen atoms in total. The first-order valence-corrected chi connectivity index (χ1v) is 8.95. The molecule has 6 heteroatoms. The van der Waals surface area contributed by atoms with E-state index in [1.165, 1.54) is 4.90 Å². The first-order chi connectivity index (χ1) is 11.7. The quantitative estimate of drug-likeness (QED) is 0.837. The summed E-state index contributed by atoms with van der Waals surface area (Å²) in [5.41, 5.74) is 6.52. The number of carbonyl (C=O) groups excluding carboxylic acids is 1. The van der Waals surface area contributed by atoms with Crippen LogP contribution in [0.2, 0.25) is 0 Å². The zero-order valence-electron chi connectivity index (χ0n) is 13.9. The number of rotatable bonds is 5. The van der Waals surface area contributed by atoms with Crippen LogP contribution in [0.3, 0.4) is 0 Å². The fraction of sp³-hybridized carbons (Fsp3) is 0.316. The molecule has 0 saturated carbocycles. The Bertz CT molecular complexity index is 691. The average Bonchev–Trinajstić information content (AvgIpc) is 2.62. The van der Waals surface area contributed by atoms with Gasteiger partial charge in [-0.3, -0.25) is 4.79 Å². The summed E-state index contributed by atoms with van der Waals surface area (Å²) in [4.78, 5) is 14.8. The molecule has 1 heterocycles. The maximum absolute atomic E-state index is 12.5. The first kappa shape index (κ1) is 19.8. The lowest BCUT2D eigenvalue weighted by Gasteiger charge is -2.31. The predicted octanol–water partition coefficient (Wildman–Crippen LogP) is 3.38. The third-order valence-electron chi connectivity index (χ3n) is 4.22. The van der Waals surface area contributed by atoms with Crippen LogP contribution in [0.1, 0.15) is 18.4 Å². The van der Waals surface area contributed by atoms with Crippen molar-refractivity contribution in [2.45, 2.75) is 34.7 Å². The minimum Gasteiger partial charge on any atom is -0.381 e. The molecule has 1 saturated heterocycles. The van der Waals surface area contributed by atoms with Crippen molar-refractivity contribution in [3.05, 3.63) is 60.2 Å². The van der Waals surface area contributed by atoms with Gasteiger partial charge in [0.05, 0.1) is 5.54 Å². The first-order valence-electron chi connectivity index (χ1n) is 8.13. The van der Waals surface area contributed by atoms with Crippen LogP contribution in [0.4, 0.5) is 0 Å². The monoisotopic (exact) mass is 378 g/mol. The number of ether oxygens (including phenoxy) is 1. The van der Waals surface area contributed by atoms with E-state index in [0.29, 0.717) is 32.6 Å². The third kappa shape index (κ3) is 5.22. The summed E-state index contributed by atoms with van der Waals surface area (Å²) in [5.74, 6) is -0.0923. The van der Waals surface area contributed by atoms with E-state index in [-0.39, 0.29) is 18.3 Å². The van der Waals surface area contributed by atoms with Gasteiger partial charge in [-0.05, 0) is 36.6 Å². The summed E-state index contributed by atoms with van der Waals surface area (Å²) in [6.45, 7) is 1.57. The minimum atomic E-state index is -0.806. The van der Waals surface area contributed by atoms with Crippen LogP contribution in [0, 0.1) is 0 Å². The van der Waals surface area contributed by atoms with Crippen molar-refractivity contribution >= 4 is 30.1 Å². The molecule has 1 aliphatic rings. The Labute approximate surface area is 158 Å². The Morgan fingerprint density at radius 3 is 2.44 bits per heavy atom. The summed E-state index contributed by atoms with van der Waals surface area (Å²) in [7, 11) is 0. The van der Waals surface area contributed by atoms with Crippen LogP contribution in [-0.4, -0.2) is 24.7 Å². The van der Waals surface area contributed by atoms with Gasteiger partial charge in [0, 0.05) is 29.5 Å². The molecule has 25 heavy (non-hydrogen) atoms. The van der Waals surface area contributed by atoms with Gasteiger partial charge in [-0.1, -0.05) is 48.2 Å². The summed E-state index contributed by atoms with van der Waals surface area (Å²) in [5, 5.41) is 3.00. The van der Waals surface area contributed by atoms with Crippen LogP contribution in [0.5, 0.6) is 0 Å². The number of benzene rings is 2. The molecule has 1 fully saturated rings. The molecule has 134 valence electrons. The fourth-order valence-electron chi connectivity index (χ4n) is 2.68. The van der Waals surface area contributed by atoms with Crippen LogP contribution < -0.4 is 11.1 Å². The summed E-state index contributed by atoms with van der Waals surface area (Å²) < 4.78 is 5.30. The molecular weight excluding hydrogens is 356 g/mol. The summed E-state index contributed by atoms with van der Waals surface area (Å²) >= 11 is 1.70. The molecule has 2 aromatic carbocycles. The molecule has 3 rings (SSSR count). The highest BCUT2D eigenvalue weighted by Crippen LogP contribution is 2.30. The Balaban J connectivity index is 0.00000225. The van der Waals surface area contributed by atoms with Gasteiger partial charge in [0.15, 0.2) is 0 Å². The molecule has 0 unspecified atom stereocenters. The van der Waals surface area contributed by atoms with E-state index in [9.17, 15) is 4.79 Å². The van der Waals surface area contributed by atoms with Gasteiger partial charge in [-0.15, -0.1) is 12.4 Å². The molecule has 0 aliphatic carbocycles. The van der Waals surface area contributed by atoms with E-state index >= 15 is 0 Å². The molecule has 1 amide bonds. The minimum absolute atomic E-state index is 0. The zero-order valence-corrected chi connectivity index (χ0v) is 15.6. The number of hydrogen-bond acceptors (Lipinski definition) is 4. The zero-order chi connectivity index (χ0) is 16.8. The van der Waals surface area contributed by atoms with Crippen LogP contribution in [0.25, 0.3) is 0 Å². The van der Waals surface area contributed by atoms with Crippen molar-refractivity contribution in [2.75, 3.05) is 13.2 Å². The van der Waals surface area contributed by atoms with E-state index in [1.54, 1.807) is 11.8 Å². The summed E-state index contributed by atoms with van der Waals surface area (Å²) in [6.07, 6.45) is 1.14. The van der Waals surface area contributed by atoms with E-state index in [4.69, 9.17) is 10.5 Å². The maximum atomic E-state index is 12.5. The van der Waals surface area contributed by atoms with Gasteiger partial charge in [0.1, 0.15) is 0 Å². The number of amides is 1. The lowest BCUT2D eigenvalue weighted by molar-refractivity contribution is -0.129. The van der Waals surface area contributed by atoms with Crippen molar-refractivity contribution < 1.29 is 9.53 Å². The largest absolute Gasteiger partial charge is 0.381 e. The van der Waals surface area contributed by atoms with Crippen LogP contribution in [-0.2, 0) is 16.1 Å². The lowest BCUT2D eigenvalue weighted by Crippen LogP contribution is -2.56. The fourth-order valence-corrected chi connectivity index (χ4v) is 3.64. The number of halogens is 1. The smallest absolute Gasteiger partial charge is 0.240 e. The summed E-state index contributed by atoms with van der Waals surface area (Å²) in [6, 6.07) is 18.3. The lowest BCUT2D eigenvalue weighted by atomic mass is 9.90. The molecule has 1 aliphatic heterocycles. The highest BCUT2D eigenvalue weighted by molar-refractivity contribution is 7.99. The van der Waals surface area contributed by atoms with Gasteiger partial charge >= 0.3 is 0 Å². The van der Waals surface area contributed by atoms with Gasteiger partial charge in [-0.25, -0.2) is 0 Å². The topological polar surface area (TPSA) is 64.4 Å². The van der Waals surface area contributed by atoms with E-state index in [1.807, 2.05) is 36.4 Å². The van der Waals surface area contributed by atoms with Crippen molar-refractivity contribution in [1.82, 2.24) is 5.32 Å². The van der Waals surface area contributed by atoms with Crippen LogP contribution >= 0.6 is 24.2 Å².